The second-order valence-electron chi connectivity index (χ2n) is 13.1. The normalized spacial score (nSPS) is 13.6. The van der Waals surface area contributed by atoms with Crippen LogP contribution in [0.4, 0.5) is 0 Å². The van der Waals surface area contributed by atoms with E-state index in [1.54, 1.807) is 0 Å². The van der Waals surface area contributed by atoms with Gasteiger partial charge < -0.3 is 4.98 Å². The zero-order valence-electron chi connectivity index (χ0n) is 26.0. The highest BCUT2D eigenvalue weighted by Gasteiger charge is 2.51. The Morgan fingerprint density at radius 1 is 0.417 bits per heavy atom. The Hall–Kier alpha value is -6.25. The minimum atomic E-state index is -0.382. The Labute approximate surface area is 278 Å². The molecule has 2 heterocycles. The van der Waals surface area contributed by atoms with Crippen LogP contribution in [-0.4, -0.2) is 9.97 Å². The van der Waals surface area contributed by atoms with E-state index in [4.69, 9.17) is 4.98 Å². The van der Waals surface area contributed by atoms with Gasteiger partial charge in [0.05, 0.1) is 22.1 Å². The zero-order chi connectivity index (χ0) is 31.4. The summed E-state index contributed by atoms with van der Waals surface area (Å²) in [4.78, 5) is 8.85. The summed E-state index contributed by atoms with van der Waals surface area (Å²) in [5, 5.41) is 4.80. The topological polar surface area (TPSA) is 28.7 Å². The summed E-state index contributed by atoms with van der Waals surface area (Å²) in [6.07, 6.45) is 2.02. The van der Waals surface area contributed by atoms with Gasteiger partial charge in [-0.25, -0.2) is 4.98 Å². The average Bonchev–Trinajstić information content (AvgIpc) is 3.83. The Kier molecular flexibility index (Phi) is 5.07. The number of hydrogen-bond acceptors (Lipinski definition) is 1. The number of hydrogen-bond donors (Lipinski definition) is 1. The minimum Gasteiger partial charge on any atom is -0.361 e. The molecule has 11 rings (SSSR count). The van der Waals surface area contributed by atoms with E-state index in [1.165, 1.54) is 77.2 Å². The summed E-state index contributed by atoms with van der Waals surface area (Å²) in [6.45, 7) is 0. The van der Waals surface area contributed by atoms with Crippen molar-refractivity contribution in [2.24, 2.45) is 0 Å². The number of pyridine rings is 1. The molecule has 1 N–H and O–H groups in total. The largest absolute Gasteiger partial charge is 0.361 e. The first-order chi connectivity index (χ1) is 23.8. The summed E-state index contributed by atoms with van der Waals surface area (Å²) in [7, 11) is 0. The molecule has 0 bridgehead atoms. The van der Waals surface area contributed by atoms with Gasteiger partial charge in [0.15, 0.2) is 0 Å². The summed E-state index contributed by atoms with van der Waals surface area (Å²) >= 11 is 0. The molecule has 0 saturated heterocycles. The van der Waals surface area contributed by atoms with Crippen LogP contribution in [0.2, 0.25) is 0 Å². The Bertz CT molecular complexity index is 2750. The van der Waals surface area contributed by atoms with Gasteiger partial charge in [0.25, 0.3) is 0 Å². The lowest BCUT2D eigenvalue weighted by molar-refractivity contribution is 0.795. The van der Waals surface area contributed by atoms with Crippen LogP contribution in [0.15, 0.2) is 164 Å². The second kappa shape index (κ2) is 9.40. The molecule has 0 radical (unpaired) electrons. The van der Waals surface area contributed by atoms with Gasteiger partial charge in [0, 0.05) is 28.1 Å². The summed E-state index contributed by atoms with van der Waals surface area (Å²) < 4.78 is 0. The maximum atomic E-state index is 5.40. The molecule has 9 aromatic rings. The van der Waals surface area contributed by atoms with Gasteiger partial charge in [-0.1, -0.05) is 127 Å². The molecule has 222 valence electrons. The highest BCUT2D eigenvalue weighted by molar-refractivity contribution is 6.14. The van der Waals surface area contributed by atoms with E-state index in [2.05, 4.69) is 163 Å². The Morgan fingerprint density at radius 2 is 1.04 bits per heavy atom. The first-order valence-corrected chi connectivity index (χ1v) is 16.6. The lowest BCUT2D eigenvalue weighted by Gasteiger charge is -2.30. The third kappa shape index (κ3) is 3.24. The number of H-pyrrole nitrogens is 1. The smallest absolute Gasteiger partial charge is 0.0788 e. The van der Waals surface area contributed by atoms with E-state index < -0.39 is 0 Å². The molecule has 0 atom stereocenters. The van der Waals surface area contributed by atoms with Gasteiger partial charge in [-0.05, 0) is 91.2 Å². The fraction of sp³-hybridized carbons (Fsp3) is 0.0217. The lowest BCUT2D eigenvalue weighted by atomic mass is 9.70. The van der Waals surface area contributed by atoms with Crippen LogP contribution in [0.3, 0.4) is 0 Å². The van der Waals surface area contributed by atoms with Gasteiger partial charge in [-0.15, -0.1) is 0 Å². The van der Waals surface area contributed by atoms with Crippen LogP contribution in [0, 0.1) is 0 Å². The van der Waals surface area contributed by atoms with E-state index >= 15 is 0 Å². The van der Waals surface area contributed by atoms with Gasteiger partial charge >= 0.3 is 0 Å². The Balaban J connectivity index is 1.24. The predicted molar refractivity (Wildman–Crippen MR) is 198 cm³/mol. The third-order valence-electron chi connectivity index (χ3n) is 10.9. The fourth-order valence-corrected chi connectivity index (χ4v) is 8.92. The van der Waals surface area contributed by atoms with Gasteiger partial charge in [-0.2, -0.15) is 0 Å². The first-order valence-electron chi connectivity index (χ1n) is 16.6. The fourth-order valence-electron chi connectivity index (χ4n) is 8.92. The molecule has 1 spiro atoms. The van der Waals surface area contributed by atoms with E-state index in [9.17, 15) is 0 Å². The van der Waals surface area contributed by atoms with Crippen molar-refractivity contribution in [3.05, 3.63) is 186 Å². The predicted octanol–water partition coefficient (Wildman–Crippen LogP) is 11.5. The first kappa shape index (κ1) is 25.9. The molecule has 7 aromatic carbocycles. The molecule has 0 saturated carbocycles. The third-order valence-corrected chi connectivity index (χ3v) is 10.9. The van der Waals surface area contributed by atoms with Crippen molar-refractivity contribution in [3.63, 3.8) is 0 Å². The molecule has 2 aliphatic carbocycles. The molecule has 48 heavy (non-hydrogen) atoms. The second-order valence-corrected chi connectivity index (χ2v) is 13.1. The number of para-hydroxylation sites is 2. The number of nitrogens with zero attached hydrogens (tertiary/aromatic N) is 1. The highest BCUT2D eigenvalue weighted by Crippen LogP contribution is 2.63. The van der Waals surface area contributed by atoms with Gasteiger partial charge in [0.1, 0.15) is 0 Å². The van der Waals surface area contributed by atoms with E-state index in [0.29, 0.717) is 0 Å². The number of fused-ring (bicyclic) bond motifs is 14. The summed E-state index contributed by atoms with van der Waals surface area (Å²) in [5.41, 5.74) is 16.9. The van der Waals surface area contributed by atoms with Crippen molar-refractivity contribution in [2.45, 2.75) is 5.41 Å². The van der Waals surface area contributed by atoms with Crippen molar-refractivity contribution >= 4 is 32.6 Å². The van der Waals surface area contributed by atoms with Crippen LogP contribution < -0.4 is 0 Å². The summed E-state index contributed by atoms with van der Waals surface area (Å²) in [5.74, 6) is 0. The number of aromatic amines is 1. The quantitative estimate of drug-likeness (QED) is 0.194. The molecule has 2 aromatic heterocycles. The lowest BCUT2D eigenvalue weighted by Crippen LogP contribution is -2.25. The van der Waals surface area contributed by atoms with E-state index in [1.807, 2.05) is 6.20 Å². The van der Waals surface area contributed by atoms with E-state index in [-0.39, 0.29) is 5.41 Å². The molecule has 0 fully saturated rings. The van der Waals surface area contributed by atoms with Crippen molar-refractivity contribution < 1.29 is 0 Å². The maximum absolute atomic E-state index is 5.40. The standard InChI is InChI=1S/C46H28N2/c1-5-19-39-32(14-1)33-15-2-6-20-40(33)46(39)41-21-7-3-16-34(41)37-26-38-36(27-42(37)46)35-17-4-8-22-43(35)48-45(38)30-13-9-12-29(25-30)31-18-10-11-28-23-24-47-44(28)31/h1-27,47H. The molecule has 2 nitrogen and oxygen atoms in total. The zero-order valence-corrected chi connectivity index (χ0v) is 26.0. The van der Waals surface area contributed by atoms with Crippen LogP contribution in [0.5, 0.6) is 0 Å². The molecular formula is C46H28N2. The maximum Gasteiger partial charge on any atom is 0.0788 e. The van der Waals surface area contributed by atoms with Crippen LogP contribution in [0.1, 0.15) is 22.3 Å². The Morgan fingerprint density at radius 3 is 1.81 bits per heavy atom. The van der Waals surface area contributed by atoms with E-state index in [0.717, 1.165) is 22.3 Å². The van der Waals surface area contributed by atoms with Crippen molar-refractivity contribution in [1.29, 1.82) is 0 Å². The average molecular weight is 609 g/mol. The summed E-state index contributed by atoms with van der Waals surface area (Å²) in [6, 6.07) is 58.1. The van der Waals surface area contributed by atoms with Gasteiger partial charge in [0.2, 0.25) is 0 Å². The van der Waals surface area contributed by atoms with Crippen molar-refractivity contribution in [2.75, 3.05) is 0 Å². The van der Waals surface area contributed by atoms with Crippen LogP contribution in [0.25, 0.3) is 77.2 Å². The van der Waals surface area contributed by atoms with Crippen molar-refractivity contribution in [3.8, 4) is 44.6 Å². The molecule has 0 amide bonds. The van der Waals surface area contributed by atoms with Crippen LogP contribution >= 0.6 is 0 Å². The van der Waals surface area contributed by atoms with Crippen LogP contribution in [-0.2, 0) is 5.41 Å². The molecule has 2 aliphatic rings. The number of rotatable bonds is 2. The molecule has 0 aliphatic heterocycles. The molecular weight excluding hydrogens is 581 g/mol. The number of benzene rings is 7. The monoisotopic (exact) mass is 608 g/mol. The highest BCUT2D eigenvalue weighted by atomic mass is 14.7. The minimum absolute atomic E-state index is 0.382. The molecule has 2 heteroatoms. The SMILES string of the molecule is c1cc(-c2nc3ccccc3c3cc4c(cc23)-c2ccccc2C42c3ccccc3-c3ccccc32)cc(-c2cccc3cc[nH]c23)c1. The molecule has 0 unspecified atom stereocenters. The van der Waals surface area contributed by atoms with Crippen molar-refractivity contribution in [1.82, 2.24) is 9.97 Å². The van der Waals surface area contributed by atoms with Gasteiger partial charge in [-0.3, -0.25) is 0 Å². The number of nitrogens with one attached hydrogen (secondary N) is 1. The number of aromatic nitrogens is 2.